The van der Waals surface area contributed by atoms with Gasteiger partial charge in [0, 0.05) is 0 Å². The number of hydrogen-bond donors (Lipinski definition) is 0. The number of ether oxygens (including phenoxy) is 4. The minimum Gasteiger partial charge on any atom is -0.493 e. The van der Waals surface area contributed by atoms with Crippen molar-refractivity contribution in [1.29, 1.82) is 0 Å². The van der Waals surface area contributed by atoms with E-state index in [9.17, 15) is 9.18 Å². The minimum absolute atomic E-state index is 0.0749. The lowest BCUT2D eigenvalue weighted by molar-refractivity contribution is 0.0467. The molecule has 3 rings (SSSR count). The van der Waals surface area contributed by atoms with Crippen LogP contribution in [0.1, 0.15) is 21.5 Å². The van der Waals surface area contributed by atoms with E-state index in [0.29, 0.717) is 22.8 Å². The molecule has 0 aliphatic rings. The number of methoxy groups -OCH3 is 2. The van der Waals surface area contributed by atoms with Gasteiger partial charge in [-0.25, -0.2) is 9.18 Å². The summed E-state index contributed by atoms with van der Waals surface area (Å²) in [5.74, 6) is 0.739. The van der Waals surface area contributed by atoms with Crippen LogP contribution in [0.25, 0.3) is 0 Å². The number of benzene rings is 3. The van der Waals surface area contributed by atoms with Crippen molar-refractivity contribution in [3.63, 3.8) is 0 Å². The van der Waals surface area contributed by atoms with Crippen LogP contribution in [0, 0.1) is 5.82 Å². The van der Waals surface area contributed by atoms with Crippen molar-refractivity contribution in [1.82, 2.24) is 0 Å². The monoisotopic (exact) mass is 396 g/mol. The molecule has 0 radical (unpaired) electrons. The molecule has 0 amide bonds. The van der Waals surface area contributed by atoms with Gasteiger partial charge in [-0.3, -0.25) is 0 Å². The third-order valence-corrected chi connectivity index (χ3v) is 4.23. The maximum absolute atomic E-state index is 13.0. The van der Waals surface area contributed by atoms with E-state index in [1.54, 1.807) is 68.8 Å². The van der Waals surface area contributed by atoms with Crippen molar-refractivity contribution in [3.8, 4) is 17.2 Å². The number of para-hydroxylation sites is 1. The Morgan fingerprint density at radius 1 is 0.793 bits per heavy atom. The number of halogens is 1. The largest absolute Gasteiger partial charge is 0.493 e. The number of rotatable bonds is 8. The second kappa shape index (κ2) is 9.59. The predicted molar refractivity (Wildman–Crippen MR) is 106 cm³/mol. The lowest BCUT2D eigenvalue weighted by Gasteiger charge is -2.12. The molecule has 6 heteroatoms. The highest BCUT2D eigenvalue weighted by molar-refractivity contribution is 5.92. The van der Waals surface area contributed by atoms with Gasteiger partial charge in [0.1, 0.15) is 30.3 Å². The molecule has 0 N–H and O–H groups in total. The van der Waals surface area contributed by atoms with Crippen LogP contribution in [0.15, 0.2) is 66.7 Å². The average molecular weight is 396 g/mol. The Balaban J connectivity index is 1.66. The third kappa shape index (κ3) is 5.25. The van der Waals surface area contributed by atoms with Crippen LogP contribution in [0.5, 0.6) is 17.2 Å². The molecule has 0 saturated heterocycles. The SMILES string of the molecule is COc1ccc(COC(=O)c2ccccc2OCc2ccc(F)cc2)cc1OC. The maximum Gasteiger partial charge on any atom is 0.342 e. The summed E-state index contributed by atoms with van der Waals surface area (Å²) in [5.41, 5.74) is 1.87. The number of carbonyl (C=O) groups excluding carboxylic acids is 1. The molecule has 0 heterocycles. The minimum atomic E-state index is -0.505. The molecule has 0 atom stereocenters. The number of carbonyl (C=O) groups is 1. The second-order valence-electron chi connectivity index (χ2n) is 6.18. The molecule has 0 saturated carbocycles. The fraction of sp³-hybridized carbons (Fsp3) is 0.174. The smallest absolute Gasteiger partial charge is 0.342 e. The summed E-state index contributed by atoms with van der Waals surface area (Å²) in [6.45, 7) is 0.283. The lowest BCUT2D eigenvalue weighted by Crippen LogP contribution is -2.08. The molecule has 0 unspecified atom stereocenters. The molecular weight excluding hydrogens is 375 g/mol. The van der Waals surface area contributed by atoms with Gasteiger partial charge in [-0.15, -0.1) is 0 Å². The summed E-state index contributed by atoms with van der Waals surface area (Å²) in [7, 11) is 3.10. The molecule has 0 fully saturated rings. The van der Waals surface area contributed by atoms with E-state index in [-0.39, 0.29) is 19.0 Å². The molecule has 5 nitrogen and oxygen atoms in total. The summed E-state index contributed by atoms with van der Waals surface area (Å²) in [6, 6.07) is 18.1. The fourth-order valence-electron chi connectivity index (χ4n) is 2.70. The van der Waals surface area contributed by atoms with Gasteiger partial charge in [-0.05, 0) is 47.5 Å². The first-order chi connectivity index (χ1) is 14.1. The van der Waals surface area contributed by atoms with E-state index in [1.807, 2.05) is 0 Å². The zero-order valence-corrected chi connectivity index (χ0v) is 16.2. The van der Waals surface area contributed by atoms with E-state index in [2.05, 4.69) is 0 Å². The Kier molecular flexibility index (Phi) is 6.68. The van der Waals surface area contributed by atoms with Gasteiger partial charge in [0.15, 0.2) is 11.5 Å². The van der Waals surface area contributed by atoms with Crippen LogP contribution >= 0.6 is 0 Å². The van der Waals surface area contributed by atoms with Crippen LogP contribution in [-0.4, -0.2) is 20.2 Å². The van der Waals surface area contributed by atoms with Gasteiger partial charge >= 0.3 is 5.97 Å². The van der Waals surface area contributed by atoms with E-state index < -0.39 is 5.97 Å². The van der Waals surface area contributed by atoms with Gasteiger partial charge < -0.3 is 18.9 Å². The van der Waals surface area contributed by atoms with Gasteiger partial charge in [-0.2, -0.15) is 0 Å². The van der Waals surface area contributed by atoms with Crippen LogP contribution in [0.4, 0.5) is 4.39 Å². The Labute approximate surface area is 168 Å². The molecule has 0 aromatic heterocycles. The molecule has 0 bridgehead atoms. The lowest BCUT2D eigenvalue weighted by atomic mass is 10.2. The van der Waals surface area contributed by atoms with E-state index in [4.69, 9.17) is 18.9 Å². The first-order valence-electron chi connectivity index (χ1n) is 8.95. The topological polar surface area (TPSA) is 54.0 Å². The van der Waals surface area contributed by atoms with Crippen molar-refractivity contribution >= 4 is 5.97 Å². The van der Waals surface area contributed by atoms with Crippen molar-refractivity contribution < 1.29 is 28.1 Å². The second-order valence-corrected chi connectivity index (χ2v) is 6.18. The van der Waals surface area contributed by atoms with Gasteiger partial charge in [0.2, 0.25) is 0 Å². The van der Waals surface area contributed by atoms with E-state index >= 15 is 0 Å². The fourth-order valence-corrected chi connectivity index (χ4v) is 2.70. The summed E-state index contributed by atoms with van der Waals surface area (Å²) in [5, 5.41) is 0. The third-order valence-electron chi connectivity index (χ3n) is 4.23. The van der Waals surface area contributed by atoms with Gasteiger partial charge in [0.25, 0.3) is 0 Å². The van der Waals surface area contributed by atoms with Gasteiger partial charge in [-0.1, -0.05) is 30.3 Å². The highest BCUT2D eigenvalue weighted by Crippen LogP contribution is 2.28. The van der Waals surface area contributed by atoms with E-state index in [1.165, 1.54) is 12.1 Å². The highest BCUT2D eigenvalue weighted by atomic mass is 19.1. The number of esters is 1. The van der Waals surface area contributed by atoms with Crippen LogP contribution < -0.4 is 14.2 Å². The predicted octanol–water partition coefficient (Wildman–Crippen LogP) is 4.78. The van der Waals surface area contributed by atoms with E-state index in [0.717, 1.165) is 11.1 Å². The number of hydrogen-bond acceptors (Lipinski definition) is 5. The zero-order valence-electron chi connectivity index (χ0n) is 16.2. The maximum atomic E-state index is 13.0. The molecule has 29 heavy (non-hydrogen) atoms. The molecule has 150 valence electrons. The Hall–Kier alpha value is -3.54. The quantitative estimate of drug-likeness (QED) is 0.513. The van der Waals surface area contributed by atoms with Crippen molar-refractivity contribution in [2.75, 3.05) is 14.2 Å². The first kappa shape index (κ1) is 20.2. The van der Waals surface area contributed by atoms with Gasteiger partial charge in [0.05, 0.1) is 14.2 Å². The standard InChI is InChI=1S/C23H21FO5/c1-26-21-12-9-17(13-22(21)27-2)15-29-23(25)19-5-3-4-6-20(19)28-14-16-7-10-18(24)11-8-16/h3-13H,14-15H2,1-2H3. The molecule has 0 spiro atoms. The Morgan fingerprint density at radius 3 is 2.21 bits per heavy atom. The summed E-state index contributed by atoms with van der Waals surface area (Å²) in [6.07, 6.45) is 0. The molecule has 3 aromatic carbocycles. The molecular formula is C23H21FO5. The summed E-state index contributed by atoms with van der Waals surface area (Å²) in [4.78, 5) is 12.6. The first-order valence-corrected chi connectivity index (χ1v) is 8.95. The van der Waals surface area contributed by atoms with Crippen LogP contribution in [0.2, 0.25) is 0 Å². The Bertz CT molecular complexity index is 969. The molecule has 0 aliphatic carbocycles. The molecule has 0 aliphatic heterocycles. The van der Waals surface area contributed by atoms with Crippen molar-refractivity contribution in [3.05, 3.63) is 89.2 Å². The van der Waals surface area contributed by atoms with Crippen LogP contribution in [0.3, 0.4) is 0 Å². The summed E-state index contributed by atoms with van der Waals surface area (Å²) >= 11 is 0. The average Bonchev–Trinajstić information content (AvgIpc) is 2.77. The zero-order chi connectivity index (χ0) is 20.6. The normalized spacial score (nSPS) is 10.3. The van der Waals surface area contributed by atoms with Crippen molar-refractivity contribution in [2.24, 2.45) is 0 Å². The van der Waals surface area contributed by atoms with Crippen molar-refractivity contribution in [2.45, 2.75) is 13.2 Å². The summed E-state index contributed by atoms with van der Waals surface area (Å²) < 4.78 is 34.7. The molecule has 3 aromatic rings. The Morgan fingerprint density at radius 2 is 1.48 bits per heavy atom. The highest BCUT2D eigenvalue weighted by Gasteiger charge is 2.15. The van der Waals surface area contributed by atoms with Crippen LogP contribution in [-0.2, 0) is 18.0 Å².